The second kappa shape index (κ2) is 4.71. The van der Waals surface area contributed by atoms with Crippen molar-refractivity contribution in [2.24, 2.45) is 0 Å². The fourth-order valence-corrected chi connectivity index (χ4v) is 2.69. The van der Waals surface area contributed by atoms with Gasteiger partial charge in [0.05, 0.1) is 11.7 Å². The molecule has 2 nitrogen and oxygen atoms in total. The fourth-order valence-electron chi connectivity index (χ4n) is 2.50. The minimum atomic E-state index is 0.779. The minimum Gasteiger partial charge on any atom is -0.339 e. The lowest BCUT2D eigenvalue weighted by molar-refractivity contribution is 0.799. The van der Waals surface area contributed by atoms with E-state index in [1.165, 1.54) is 16.6 Å². The number of hydrogen-bond acceptors (Lipinski definition) is 1. The third kappa shape index (κ3) is 2.02. The highest BCUT2D eigenvalue weighted by Gasteiger charge is 2.11. The van der Waals surface area contributed by atoms with Gasteiger partial charge in [0.2, 0.25) is 0 Å². The van der Waals surface area contributed by atoms with Crippen LogP contribution in [0.4, 0.5) is 0 Å². The quantitative estimate of drug-likeness (QED) is 0.677. The van der Waals surface area contributed by atoms with Gasteiger partial charge in [-0.2, -0.15) is 0 Å². The summed E-state index contributed by atoms with van der Waals surface area (Å²) < 4.78 is 2.28. The second-order valence-electron chi connectivity index (χ2n) is 4.78. The summed E-state index contributed by atoms with van der Waals surface area (Å²) in [7, 11) is 0. The van der Waals surface area contributed by atoms with E-state index in [-0.39, 0.29) is 0 Å². The minimum absolute atomic E-state index is 0.779. The van der Waals surface area contributed by atoms with E-state index >= 15 is 0 Å². The van der Waals surface area contributed by atoms with E-state index in [0.29, 0.717) is 0 Å². The van der Waals surface area contributed by atoms with Gasteiger partial charge in [-0.1, -0.05) is 29.8 Å². The van der Waals surface area contributed by atoms with Crippen molar-refractivity contribution >= 4 is 22.5 Å². The van der Waals surface area contributed by atoms with Gasteiger partial charge in [-0.15, -0.1) is 0 Å². The number of aromatic nitrogens is 2. The Kier molecular flexibility index (Phi) is 3.03. The Morgan fingerprint density at radius 3 is 2.74 bits per heavy atom. The van der Waals surface area contributed by atoms with Gasteiger partial charge < -0.3 is 4.57 Å². The molecule has 0 atom stereocenters. The molecule has 0 aliphatic heterocycles. The number of aryl methyl sites for hydroxylation is 1. The highest BCUT2D eigenvalue weighted by molar-refractivity contribution is 6.31. The second-order valence-corrected chi connectivity index (χ2v) is 5.19. The summed E-state index contributed by atoms with van der Waals surface area (Å²) in [6.45, 7) is 5.08. The van der Waals surface area contributed by atoms with Crippen molar-refractivity contribution in [3.8, 4) is 0 Å². The molecule has 0 N–H and O–H groups in total. The third-order valence-corrected chi connectivity index (χ3v) is 4.10. The van der Waals surface area contributed by atoms with Crippen molar-refractivity contribution in [2.75, 3.05) is 0 Å². The summed E-state index contributed by atoms with van der Waals surface area (Å²) in [6.07, 6.45) is 3.76. The van der Waals surface area contributed by atoms with Gasteiger partial charge in [-0.05, 0) is 37.1 Å². The Morgan fingerprint density at radius 2 is 1.95 bits per heavy atom. The normalized spacial score (nSPS) is 11.1. The summed E-state index contributed by atoms with van der Waals surface area (Å²) in [6, 6.07) is 10.1. The Hall–Kier alpha value is -1.80. The van der Waals surface area contributed by atoms with E-state index in [4.69, 9.17) is 11.6 Å². The topological polar surface area (TPSA) is 17.8 Å². The van der Waals surface area contributed by atoms with E-state index in [2.05, 4.69) is 35.5 Å². The Labute approximate surface area is 117 Å². The first-order chi connectivity index (χ1) is 9.18. The molecule has 0 aliphatic rings. The number of fused-ring (bicyclic) bond motifs is 1. The number of benzene rings is 1. The van der Waals surface area contributed by atoms with Crippen molar-refractivity contribution in [1.82, 2.24) is 9.55 Å². The fraction of sp³-hybridized carbons (Fsp3) is 0.188. The van der Waals surface area contributed by atoms with Crippen LogP contribution in [0.25, 0.3) is 10.9 Å². The van der Waals surface area contributed by atoms with Crippen molar-refractivity contribution in [3.05, 3.63) is 64.6 Å². The average molecular weight is 271 g/mol. The van der Waals surface area contributed by atoms with E-state index in [1.807, 2.05) is 30.6 Å². The van der Waals surface area contributed by atoms with Gasteiger partial charge in [0.15, 0.2) is 0 Å². The first-order valence-corrected chi connectivity index (χ1v) is 6.69. The van der Waals surface area contributed by atoms with E-state index < -0.39 is 0 Å². The number of pyridine rings is 1. The zero-order valence-electron chi connectivity index (χ0n) is 11.0. The maximum Gasteiger partial charge on any atom is 0.0674 e. The van der Waals surface area contributed by atoms with Crippen molar-refractivity contribution in [3.63, 3.8) is 0 Å². The number of nitrogens with zero attached hydrogens (tertiary/aromatic N) is 2. The summed E-state index contributed by atoms with van der Waals surface area (Å²) in [4.78, 5) is 4.24. The molecule has 3 aromatic rings. The van der Waals surface area contributed by atoms with Gasteiger partial charge in [0, 0.05) is 28.8 Å². The van der Waals surface area contributed by atoms with Crippen LogP contribution in [0.2, 0.25) is 5.02 Å². The van der Waals surface area contributed by atoms with Crippen molar-refractivity contribution in [2.45, 2.75) is 20.4 Å². The van der Waals surface area contributed by atoms with Gasteiger partial charge in [-0.25, -0.2) is 0 Å². The smallest absolute Gasteiger partial charge is 0.0674 e. The third-order valence-electron chi connectivity index (χ3n) is 3.73. The van der Waals surface area contributed by atoms with Crippen LogP contribution < -0.4 is 0 Å². The molecule has 19 heavy (non-hydrogen) atoms. The molecule has 2 aromatic heterocycles. The summed E-state index contributed by atoms with van der Waals surface area (Å²) in [5, 5.41) is 2.07. The lowest BCUT2D eigenvalue weighted by Crippen LogP contribution is -2.02. The summed E-state index contributed by atoms with van der Waals surface area (Å²) in [5.41, 5.74) is 4.87. The van der Waals surface area contributed by atoms with Crippen LogP contribution in [0.5, 0.6) is 0 Å². The molecule has 0 amide bonds. The SMILES string of the molecule is Cc1c(C)n(Cc2ccccc2Cl)c2cnccc12. The molecule has 0 saturated heterocycles. The molecule has 0 saturated carbocycles. The lowest BCUT2D eigenvalue weighted by Gasteiger charge is -2.10. The van der Waals surface area contributed by atoms with Gasteiger partial charge in [-0.3, -0.25) is 4.98 Å². The molecule has 96 valence electrons. The van der Waals surface area contributed by atoms with Gasteiger partial charge in [0.1, 0.15) is 0 Å². The molecule has 0 radical (unpaired) electrons. The maximum absolute atomic E-state index is 6.26. The van der Waals surface area contributed by atoms with Crippen LogP contribution in [0, 0.1) is 13.8 Å². The monoisotopic (exact) mass is 270 g/mol. The van der Waals surface area contributed by atoms with Crippen LogP contribution in [0.3, 0.4) is 0 Å². The summed E-state index contributed by atoms with van der Waals surface area (Å²) >= 11 is 6.26. The zero-order valence-corrected chi connectivity index (χ0v) is 11.8. The van der Waals surface area contributed by atoms with E-state index in [9.17, 15) is 0 Å². The molecule has 0 bridgehead atoms. The van der Waals surface area contributed by atoms with Crippen LogP contribution >= 0.6 is 11.6 Å². The van der Waals surface area contributed by atoms with E-state index in [0.717, 1.165) is 22.6 Å². The van der Waals surface area contributed by atoms with Crippen LogP contribution in [0.1, 0.15) is 16.8 Å². The Balaban J connectivity index is 2.16. The lowest BCUT2D eigenvalue weighted by atomic mass is 10.2. The first-order valence-electron chi connectivity index (χ1n) is 6.31. The van der Waals surface area contributed by atoms with Crippen LogP contribution in [0.15, 0.2) is 42.7 Å². The molecular formula is C16H15ClN2. The predicted molar refractivity (Wildman–Crippen MR) is 79.8 cm³/mol. The Bertz CT molecular complexity index is 744. The largest absolute Gasteiger partial charge is 0.339 e. The molecule has 0 aliphatic carbocycles. The van der Waals surface area contributed by atoms with Crippen LogP contribution in [-0.4, -0.2) is 9.55 Å². The van der Waals surface area contributed by atoms with Gasteiger partial charge in [0.25, 0.3) is 0 Å². The molecule has 3 heteroatoms. The van der Waals surface area contributed by atoms with Crippen molar-refractivity contribution in [1.29, 1.82) is 0 Å². The molecular weight excluding hydrogens is 256 g/mol. The number of hydrogen-bond donors (Lipinski definition) is 0. The number of rotatable bonds is 2. The average Bonchev–Trinajstić information content (AvgIpc) is 2.67. The number of halogens is 1. The standard InChI is InChI=1S/C16H15ClN2/c1-11-12(2)19(16-9-18-8-7-14(11)16)10-13-5-3-4-6-15(13)17/h3-9H,10H2,1-2H3. The van der Waals surface area contributed by atoms with Crippen molar-refractivity contribution < 1.29 is 0 Å². The summed E-state index contributed by atoms with van der Waals surface area (Å²) in [5.74, 6) is 0. The predicted octanol–water partition coefficient (Wildman–Crippen LogP) is 4.35. The van der Waals surface area contributed by atoms with Gasteiger partial charge >= 0.3 is 0 Å². The maximum atomic E-state index is 6.26. The molecule has 0 spiro atoms. The van der Waals surface area contributed by atoms with E-state index in [1.54, 1.807) is 0 Å². The molecule has 0 unspecified atom stereocenters. The van der Waals surface area contributed by atoms with Crippen LogP contribution in [-0.2, 0) is 6.54 Å². The molecule has 1 aromatic carbocycles. The first kappa shape index (κ1) is 12.2. The molecule has 2 heterocycles. The molecule has 3 rings (SSSR count). The highest BCUT2D eigenvalue weighted by Crippen LogP contribution is 2.26. The Morgan fingerprint density at radius 1 is 1.16 bits per heavy atom. The zero-order chi connectivity index (χ0) is 13.4. The molecule has 0 fully saturated rings. The highest BCUT2D eigenvalue weighted by atomic mass is 35.5.